The summed E-state index contributed by atoms with van der Waals surface area (Å²) in [5.74, 6) is 1.60. The molecule has 2 aromatic carbocycles. The number of rotatable bonds is 6. The molecule has 0 saturated carbocycles. The van der Waals surface area contributed by atoms with Crippen molar-refractivity contribution in [2.45, 2.75) is 32.3 Å². The molecule has 2 aliphatic rings. The maximum atomic E-state index is 13.1. The standard InChI is InChI=1S/C23H29FN2O2/c1-23(2)17-18-5-3-6-21(22(18)28-23)27-16-4-11-25-12-14-26(15-13-25)20-9-7-19(24)8-10-20/h3,5-10H,4,11-17H2,1-2H3. The molecule has 2 aromatic rings. The van der Waals surface area contributed by atoms with Crippen LogP contribution in [0.25, 0.3) is 0 Å². The molecule has 4 rings (SSSR count). The Kier molecular flexibility index (Phi) is 5.44. The molecule has 0 unspecified atom stereocenters. The lowest BCUT2D eigenvalue weighted by Gasteiger charge is -2.36. The fourth-order valence-electron chi connectivity index (χ4n) is 4.05. The van der Waals surface area contributed by atoms with Gasteiger partial charge in [-0.1, -0.05) is 12.1 Å². The highest BCUT2D eigenvalue weighted by atomic mass is 19.1. The second kappa shape index (κ2) is 8.00. The lowest BCUT2D eigenvalue weighted by Crippen LogP contribution is -2.46. The number of ether oxygens (including phenoxy) is 2. The number of hydrogen-bond acceptors (Lipinski definition) is 4. The highest BCUT2D eigenvalue weighted by molar-refractivity contribution is 5.50. The zero-order valence-electron chi connectivity index (χ0n) is 16.8. The predicted molar refractivity (Wildman–Crippen MR) is 110 cm³/mol. The van der Waals surface area contributed by atoms with E-state index < -0.39 is 0 Å². The van der Waals surface area contributed by atoms with Gasteiger partial charge in [-0.05, 0) is 50.6 Å². The Morgan fingerprint density at radius 3 is 2.54 bits per heavy atom. The van der Waals surface area contributed by atoms with Crippen molar-refractivity contribution in [3.63, 3.8) is 0 Å². The molecule has 1 fully saturated rings. The largest absolute Gasteiger partial charge is 0.490 e. The van der Waals surface area contributed by atoms with Crippen molar-refractivity contribution in [1.82, 2.24) is 4.90 Å². The van der Waals surface area contributed by atoms with Gasteiger partial charge in [-0.2, -0.15) is 0 Å². The van der Waals surface area contributed by atoms with Gasteiger partial charge in [-0.3, -0.25) is 4.90 Å². The van der Waals surface area contributed by atoms with Crippen molar-refractivity contribution in [1.29, 1.82) is 0 Å². The summed E-state index contributed by atoms with van der Waals surface area (Å²) in [4.78, 5) is 4.79. The Labute approximate surface area is 166 Å². The third-order valence-electron chi connectivity index (χ3n) is 5.50. The number of nitrogens with zero attached hydrogens (tertiary/aromatic N) is 2. The molecule has 1 saturated heterocycles. The van der Waals surface area contributed by atoms with Crippen LogP contribution in [0, 0.1) is 5.82 Å². The molecule has 0 spiro atoms. The quantitative estimate of drug-likeness (QED) is 0.699. The van der Waals surface area contributed by atoms with Gasteiger partial charge in [0.25, 0.3) is 0 Å². The molecule has 2 heterocycles. The van der Waals surface area contributed by atoms with Crippen molar-refractivity contribution in [3.8, 4) is 11.5 Å². The summed E-state index contributed by atoms with van der Waals surface area (Å²) in [7, 11) is 0. The van der Waals surface area contributed by atoms with E-state index >= 15 is 0 Å². The summed E-state index contributed by atoms with van der Waals surface area (Å²) < 4.78 is 25.2. The number of piperazine rings is 1. The molecule has 0 aliphatic carbocycles. The van der Waals surface area contributed by atoms with Gasteiger partial charge in [-0.15, -0.1) is 0 Å². The monoisotopic (exact) mass is 384 g/mol. The highest BCUT2D eigenvalue weighted by Gasteiger charge is 2.32. The lowest BCUT2D eigenvalue weighted by atomic mass is 10.0. The Hall–Kier alpha value is -2.27. The number of anilines is 1. The molecule has 150 valence electrons. The minimum absolute atomic E-state index is 0.147. The minimum Gasteiger partial charge on any atom is -0.490 e. The van der Waals surface area contributed by atoms with E-state index in [0.29, 0.717) is 6.61 Å². The van der Waals surface area contributed by atoms with Gasteiger partial charge in [0.2, 0.25) is 0 Å². The summed E-state index contributed by atoms with van der Waals surface area (Å²) in [6.45, 7) is 9.94. The maximum absolute atomic E-state index is 13.1. The van der Waals surface area contributed by atoms with E-state index in [2.05, 4.69) is 29.7 Å². The van der Waals surface area contributed by atoms with Gasteiger partial charge < -0.3 is 14.4 Å². The first kappa shape index (κ1) is 19.1. The molecule has 0 amide bonds. The maximum Gasteiger partial charge on any atom is 0.165 e. The number of fused-ring (bicyclic) bond motifs is 1. The third kappa shape index (κ3) is 4.41. The van der Waals surface area contributed by atoms with E-state index in [1.807, 2.05) is 24.3 Å². The van der Waals surface area contributed by atoms with Crippen LogP contribution in [0.4, 0.5) is 10.1 Å². The molecular formula is C23H29FN2O2. The second-order valence-corrected chi connectivity index (χ2v) is 8.29. The van der Waals surface area contributed by atoms with Crippen LogP contribution in [-0.2, 0) is 6.42 Å². The number of halogens is 1. The highest BCUT2D eigenvalue weighted by Crippen LogP contribution is 2.41. The third-order valence-corrected chi connectivity index (χ3v) is 5.50. The van der Waals surface area contributed by atoms with E-state index in [1.165, 1.54) is 17.7 Å². The first-order chi connectivity index (χ1) is 13.5. The smallest absolute Gasteiger partial charge is 0.165 e. The number of benzene rings is 2. The molecule has 0 bridgehead atoms. The molecule has 28 heavy (non-hydrogen) atoms. The summed E-state index contributed by atoms with van der Waals surface area (Å²) in [6.07, 6.45) is 1.92. The van der Waals surface area contributed by atoms with Crippen LogP contribution < -0.4 is 14.4 Å². The molecule has 0 N–H and O–H groups in total. The van der Waals surface area contributed by atoms with Crippen molar-refractivity contribution in [2.24, 2.45) is 0 Å². The van der Waals surface area contributed by atoms with E-state index in [9.17, 15) is 4.39 Å². The van der Waals surface area contributed by atoms with Crippen molar-refractivity contribution < 1.29 is 13.9 Å². The van der Waals surface area contributed by atoms with Crippen LogP contribution in [-0.4, -0.2) is 49.8 Å². The van der Waals surface area contributed by atoms with E-state index in [4.69, 9.17) is 9.47 Å². The van der Waals surface area contributed by atoms with Crippen LogP contribution in [0.3, 0.4) is 0 Å². The molecule has 4 nitrogen and oxygen atoms in total. The average molecular weight is 384 g/mol. The fourth-order valence-corrected chi connectivity index (χ4v) is 4.05. The van der Waals surface area contributed by atoms with Gasteiger partial charge in [0.1, 0.15) is 11.4 Å². The minimum atomic E-state index is -0.180. The molecule has 0 aromatic heterocycles. The first-order valence-corrected chi connectivity index (χ1v) is 10.2. The van der Waals surface area contributed by atoms with Gasteiger partial charge in [0.05, 0.1) is 6.61 Å². The first-order valence-electron chi connectivity index (χ1n) is 10.2. The van der Waals surface area contributed by atoms with Gasteiger partial charge >= 0.3 is 0 Å². The summed E-state index contributed by atoms with van der Waals surface area (Å²) in [5.41, 5.74) is 2.19. The molecule has 0 radical (unpaired) electrons. The molecule has 5 heteroatoms. The molecule has 2 aliphatic heterocycles. The molecule has 0 atom stereocenters. The SMILES string of the molecule is CC1(C)Cc2cccc(OCCCN3CCN(c4ccc(F)cc4)CC3)c2O1. The van der Waals surface area contributed by atoms with E-state index in [1.54, 1.807) is 0 Å². The van der Waals surface area contributed by atoms with Crippen LogP contribution in [0.1, 0.15) is 25.8 Å². The number of hydrogen-bond donors (Lipinski definition) is 0. The zero-order valence-corrected chi connectivity index (χ0v) is 16.8. The van der Waals surface area contributed by atoms with E-state index in [0.717, 1.165) is 62.8 Å². The predicted octanol–water partition coefficient (Wildman–Crippen LogP) is 4.13. The Morgan fingerprint density at radius 1 is 1.04 bits per heavy atom. The summed E-state index contributed by atoms with van der Waals surface area (Å²) in [6, 6.07) is 13.0. The molecular weight excluding hydrogens is 355 g/mol. The number of para-hydroxylation sites is 1. The van der Waals surface area contributed by atoms with Gasteiger partial charge in [-0.25, -0.2) is 4.39 Å². The summed E-state index contributed by atoms with van der Waals surface area (Å²) in [5, 5.41) is 0. The Balaban J connectivity index is 1.20. The van der Waals surface area contributed by atoms with Gasteiger partial charge in [0, 0.05) is 50.4 Å². The van der Waals surface area contributed by atoms with Crippen molar-refractivity contribution in [3.05, 3.63) is 53.8 Å². The Morgan fingerprint density at radius 2 is 1.79 bits per heavy atom. The lowest BCUT2D eigenvalue weighted by molar-refractivity contribution is 0.131. The Bertz CT molecular complexity index is 799. The van der Waals surface area contributed by atoms with Crippen molar-refractivity contribution in [2.75, 3.05) is 44.2 Å². The van der Waals surface area contributed by atoms with Crippen LogP contribution in [0.15, 0.2) is 42.5 Å². The van der Waals surface area contributed by atoms with Crippen LogP contribution in [0.5, 0.6) is 11.5 Å². The van der Waals surface area contributed by atoms with Crippen molar-refractivity contribution >= 4 is 5.69 Å². The normalized spacial score (nSPS) is 18.6. The average Bonchev–Trinajstić information content (AvgIpc) is 3.01. The van der Waals surface area contributed by atoms with Crippen LogP contribution in [0.2, 0.25) is 0 Å². The van der Waals surface area contributed by atoms with E-state index in [-0.39, 0.29) is 11.4 Å². The topological polar surface area (TPSA) is 24.9 Å². The zero-order chi connectivity index (χ0) is 19.6. The second-order valence-electron chi connectivity index (χ2n) is 8.29. The fraction of sp³-hybridized carbons (Fsp3) is 0.478. The summed E-state index contributed by atoms with van der Waals surface area (Å²) >= 11 is 0. The van der Waals surface area contributed by atoms with Gasteiger partial charge in [0.15, 0.2) is 11.5 Å². The van der Waals surface area contributed by atoms with Crippen LogP contribution >= 0.6 is 0 Å².